The monoisotopic (exact) mass is 337 g/mol. The molecule has 0 saturated heterocycles. The lowest BCUT2D eigenvalue weighted by atomic mass is 9.77. The van der Waals surface area contributed by atoms with Crippen molar-refractivity contribution in [2.75, 3.05) is 11.4 Å². The molecule has 1 aromatic carbocycles. The third-order valence-electron chi connectivity index (χ3n) is 5.39. The molecule has 0 fully saturated rings. The average molecular weight is 337 g/mol. The van der Waals surface area contributed by atoms with Gasteiger partial charge in [0.1, 0.15) is 35.7 Å². The van der Waals surface area contributed by atoms with Gasteiger partial charge in [-0.05, 0) is 26.7 Å². The van der Waals surface area contributed by atoms with Crippen LogP contribution in [0.4, 0.5) is 5.69 Å². The van der Waals surface area contributed by atoms with Gasteiger partial charge in [-0.2, -0.15) is 0 Å². The summed E-state index contributed by atoms with van der Waals surface area (Å²) in [5, 5.41) is 8.76. The van der Waals surface area contributed by atoms with Crippen LogP contribution in [0.1, 0.15) is 63.1 Å². The van der Waals surface area contributed by atoms with E-state index >= 15 is 0 Å². The van der Waals surface area contributed by atoms with Crippen LogP contribution in [0.5, 0.6) is 0 Å². The van der Waals surface area contributed by atoms with Crippen molar-refractivity contribution in [3.05, 3.63) is 65.6 Å². The first kappa shape index (κ1) is 17.5. The normalized spacial score (nSPS) is 17.3. The highest BCUT2D eigenvalue weighted by Crippen LogP contribution is 2.50. The number of aliphatic carboxylic acids is 1. The molecule has 0 bridgehead atoms. The van der Waals surface area contributed by atoms with Crippen molar-refractivity contribution >= 4 is 11.7 Å². The van der Waals surface area contributed by atoms with E-state index in [0.717, 1.165) is 31.5 Å². The molecule has 130 valence electrons. The Kier molecular flexibility index (Phi) is 4.59. The second kappa shape index (κ2) is 6.55. The molecule has 3 rings (SSSR count). The van der Waals surface area contributed by atoms with Crippen LogP contribution in [-0.2, 0) is 10.2 Å². The van der Waals surface area contributed by atoms with Gasteiger partial charge in [0, 0.05) is 31.7 Å². The zero-order valence-corrected chi connectivity index (χ0v) is 15.4. The molecule has 3 heteroatoms. The Morgan fingerprint density at radius 3 is 2.76 bits per heavy atom. The number of benzene rings is 1. The Morgan fingerprint density at radius 2 is 2.04 bits per heavy atom. The fraction of sp³-hybridized carbons (Fsp3) is 0.409. The van der Waals surface area contributed by atoms with Gasteiger partial charge in [0.05, 0.1) is 11.5 Å². The van der Waals surface area contributed by atoms with Crippen molar-refractivity contribution in [2.24, 2.45) is 0 Å². The summed E-state index contributed by atoms with van der Waals surface area (Å²) in [4.78, 5) is 13.0. The Labute approximate surface area is 151 Å². The predicted octanol–water partition coefficient (Wildman–Crippen LogP) is 5.01. The van der Waals surface area contributed by atoms with Crippen LogP contribution in [0.25, 0.3) is 0 Å². The first-order valence-electron chi connectivity index (χ1n) is 9.05. The summed E-state index contributed by atoms with van der Waals surface area (Å²) in [5.41, 5.74) is 7.52. The zero-order valence-electron chi connectivity index (χ0n) is 15.4. The maximum absolute atomic E-state index is 10.6. The number of carboxylic acid groups (broad SMARTS) is 1. The van der Waals surface area contributed by atoms with Crippen molar-refractivity contribution in [2.45, 2.75) is 51.9 Å². The molecule has 25 heavy (non-hydrogen) atoms. The van der Waals surface area contributed by atoms with Gasteiger partial charge in [0.15, 0.2) is 11.1 Å². The van der Waals surface area contributed by atoms with Crippen LogP contribution >= 0.6 is 0 Å². The van der Waals surface area contributed by atoms with Crippen LogP contribution in [0, 0.1) is 12.8 Å². The van der Waals surface area contributed by atoms with E-state index in [-0.39, 0.29) is 11.8 Å². The SMILES string of the molecule is C=C1N(CCCCCC(=O)O)c2ccc3c(c2C1(C)C)[CH+]C=C(C)[CH+]3. The zero-order chi connectivity index (χ0) is 18.2. The lowest BCUT2D eigenvalue weighted by molar-refractivity contribution is -0.137. The number of anilines is 1. The van der Waals surface area contributed by atoms with E-state index < -0.39 is 5.97 Å². The third-order valence-corrected chi connectivity index (χ3v) is 5.39. The van der Waals surface area contributed by atoms with E-state index in [1.165, 1.54) is 28.0 Å². The highest BCUT2D eigenvalue weighted by atomic mass is 16.4. The van der Waals surface area contributed by atoms with Gasteiger partial charge >= 0.3 is 5.97 Å². The molecule has 1 aliphatic heterocycles. The van der Waals surface area contributed by atoms with Crippen molar-refractivity contribution in [1.29, 1.82) is 0 Å². The first-order chi connectivity index (χ1) is 11.8. The number of carbonyl (C=O) groups is 1. The minimum atomic E-state index is -0.709. The minimum Gasteiger partial charge on any atom is -0.481 e. The number of allylic oxidation sites excluding steroid dienone is 3. The summed E-state index contributed by atoms with van der Waals surface area (Å²) in [6, 6.07) is 4.42. The summed E-state index contributed by atoms with van der Waals surface area (Å²) >= 11 is 0. The van der Waals surface area contributed by atoms with E-state index in [2.05, 4.69) is 63.3 Å². The lowest BCUT2D eigenvalue weighted by Crippen LogP contribution is -2.26. The predicted molar refractivity (Wildman–Crippen MR) is 103 cm³/mol. The van der Waals surface area contributed by atoms with E-state index in [0.29, 0.717) is 0 Å². The molecule has 0 unspecified atom stereocenters. The van der Waals surface area contributed by atoms with E-state index in [4.69, 9.17) is 5.11 Å². The topological polar surface area (TPSA) is 40.5 Å². The highest BCUT2D eigenvalue weighted by molar-refractivity contribution is 5.76. The van der Waals surface area contributed by atoms with Gasteiger partial charge in [-0.1, -0.05) is 13.0 Å². The van der Waals surface area contributed by atoms with Crippen LogP contribution in [0.15, 0.2) is 36.1 Å². The second-order valence-corrected chi connectivity index (χ2v) is 7.61. The van der Waals surface area contributed by atoms with Crippen molar-refractivity contribution in [3.63, 3.8) is 0 Å². The summed E-state index contributed by atoms with van der Waals surface area (Å²) < 4.78 is 0. The Morgan fingerprint density at radius 1 is 1.28 bits per heavy atom. The van der Waals surface area contributed by atoms with E-state index in [9.17, 15) is 4.79 Å². The van der Waals surface area contributed by atoms with Crippen LogP contribution < -0.4 is 4.90 Å². The molecule has 1 aliphatic carbocycles. The Hall–Kier alpha value is -2.29. The number of carboxylic acids is 1. The molecule has 2 aliphatic rings. The molecule has 1 heterocycles. The minimum absolute atomic E-state index is 0.0921. The van der Waals surface area contributed by atoms with Gasteiger partial charge < -0.3 is 10.0 Å². The van der Waals surface area contributed by atoms with Crippen molar-refractivity contribution in [1.82, 2.24) is 0 Å². The molecule has 0 radical (unpaired) electrons. The van der Waals surface area contributed by atoms with Gasteiger partial charge in [0.2, 0.25) is 0 Å². The quantitative estimate of drug-likeness (QED) is 0.586. The fourth-order valence-corrected chi connectivity index (χ4v) is 3.92. The molecule has 0 aromatic heterocycles. The molecule has 0 spiro atoms. The first-order valence-corrected chi connectivity index (χ1v) is 9.05. The number of hydrogen-bond donors (Lipinski definition) is 1. The van der Waals surface area contributed by atoms with Crippen LogP contribution in [0.2, 0.25) is 0 Å². The standard InChI is InChI=1S/C22H26NO2/c1-15-9-11-18-17(14-15)10-12-19-21(18)22(3,4)16(2)23(19)13-7-5-6-8-20(24)25/h9-12,14H,2,5-8,13H2,1,3-4H3/q+1/p+1. The number of rotatable bonds is 6. The molecule has 1 aromatic rings. The van der Waals surface area contributed by atoms with Gasteiger partial charge in [0.25, 0.3) is 0 Å². The molecule has 3 nitrogen and oxygen atoms in total. The fourth-order valence-electron chi connectivity index (χ4n) is 3.92. The number of unbranched alkanes of at least 4 members (excludes halogenated alkanes) is 2. The second-order valence-electron chi connectivity index (χ2n) is 7.61. The molecular formula is C22H27NO2+2. The lowest BCUT2D eigenvalue weighted by Gasteiger charge is -2.24. The number of fused-ring (bicyclic) bond motifs is 3. The van der Waals surface area contributed by atoms with Crippen LogP contribution in [-0.4, -0.2) is 17.6 Å². The van der Waals surface area contributed by atoms with Gasteiger partial charge in [-0.25, -0.2) is 0 Å². The highest BCUT2D eigenvalue weighted by Gasteiger charge is 2.48. The average Bonchev–Trinajstić information content (AvgIpc) is 2.74. The van der Waals surface area contributed by atoms with Gasteiger partial charge in [-0.15, -0.1) is 0 Å². The van der Waals surface area contributed by atoms with Crippen molar-refractivity contribution < 1.29 is 9.90 Å². The molecule has 0 atom stereocenters. The third kappa shape index (κ3) is 3.15. The van der Waals surface area contributed by atoms with E-state index in [1.807, 2.05) is 0 Å². The summed E-state index contributed by atoms with van der Waals surface area (Å²) in [6.07, 6.45) is 9.55. The molecule has 1 N–H and O–H groups in total. The van der Waals surface area contributed by atoms with Crippen LogP contribution in [0.3, 0.4) is 0 Å². The number of hydrogen-bond acceptors (Lipinski definition) is 2. The van der Waals surface area contributed by atoms with E-state index in [1.54, 1.807) is 0 Å². The maximum Gasteiger partial charge on any atom is 0.303 e. The summed E-state index contributed by atoms with van der Waals surface area (Å²) in [6.45, 7) is 11.9. The smallest absolute Gasteiger partial charge is 0.303 e. The summed E-state index contributed by atoms with van der Waals surface area (Å²) in [7, 11) is 0. The largest absolute Gasteiger partial charge is 0.481 e. The van der Waals surface area contributed by atoms with Gasteiger partial charge in [-0.3, -0.25) is 4.79 Å². The Bertz CT molecular complexity index is 743. The molecule has 0 saturated carbocycles. The summed E-state index contributed by atoms with van der Waals surface area (Å²) in [5.74, 6) is -0.709. The molecule has 0 amide bonds. The maximum atomic E-state index is 10.6. The number of nitrogens with zero attached hydrogens (tertiary/aromatic N) is 1. The molecular weight excluding hydrogens is 310 g/mol. The Balaban J connectivity index is 1.81. The van der Waals surface area contributed by atoms with Crippen molar-refractivity contribution in [3.8, 4) is 0 Å².